The molecule has 0 aromatic carbocycles. The van der Waals surface area contributed by atoms with E-state index in [9.17, 15) is 4.57 Å². The van der Waals surface area contributed by atoms with Gasteiger partial charge in [-0.15, -0.1) is 0 Å². The standard InChI is InChI=1S/C8H19O4P.V/c1-3-5-7-11-13(9,10)12-8-6-4-2;/h3-8H2,1-2H3,(H,9,10);/q;+2. The molecule has 0 bridgehead atoms. The molecule has 1 N–H and O–H groups in total. The molecule has 0 spiro atoms. The van der Waals surface area contributed by atoms with Gasteiger partial charge in [0.1, 0.15) is 0 Å². The fraction of sp³-hybridized carbons (Fsp3) is 1.00. The molecule has 0 rings (SSSR count). The number of rotatable bonds is 8. The minimum Gasteiger partial charge on any atom is -0.302 e. The molecule has 0 unspecified atom stereocenters. The molecular weight excluding hydrogens is 242 g/mol. The Labute approximate surface area is 97.9 Å². The van der Waals surface area contributed by atoms with Crippen molar-refractivity contribution in [2.45, 2.75) is 39.5 Å². The van der Waals surface area contributed by atoms with E-state index in [0.717, 1.165) is 25.7 Å². The van der Waals surface area contributed by atoms with Crippen LogP contribution in [0.1, 0.15) is 39.5 Å². The van der Waals surface area contributed by atoms with E-state index in [-0.39, 0.29) is 31.8 Å². The topological polar surface area (TPSA) is 55.8 Å². The third-order valence-corrected chi connectivity index (χ3v) is 2.52. The van der Waals surface area contributed by atoms with Crippen molar-refractivity contribution in [3.8, 4) is 0 Å². The van der Waals surface area contributed by atoms with Gasteiger partial charge in [0.2, 0.25) is 0 Å². The van der Waals surface area contributed by atoms with Crippen molar-refractivity contribution >= 4 is 7.82 Å². The summed E-state index contributed by atoms with van der Waals surface area (Å²) in [6.45, 7) is 4.56. The Morgan fingerprint density at radius 3 is 1.71 bits per heavy atom. The third-order valence-electron chi connectivity index (χ3n) is 1.50. The maximum atomic E-state index is 11.1. The van der Waals surface area contributed by atoms with Crippen LogP contribution in [0.25, 0.3) is 0 Å². The maximum absolute atomic E-state index is 11.1. The van der Waals surface area contributed by atoms with Gasteiger partial charge in [-0.1, -0.05) is 26.7 Å². The molecule has 0 amide bonds. The molecule has 0 aromatic rings. The molecule has 0 heterocycles. The zero-order valence-electron chi connectivity index (χ0n) is 8.81. The van der Waals surface area contributed by atoms with E-state index >= 15 is 0 Å². The first-order valence-electron chi connectivity index (χ1n) is 4.74. The molecule has 4 nitrogen and oxygen atoms in total. The molecule has 6 heteroatoms. The summed E-state index contributed by atoms with van der Waals surface area (Å²) in [5, 5.41) is 0. The largest absolute Gasteiger partial charge is 2.00 e. The van der Waals surface area contributed by atoms with Crippen molar-refractivity contribution in [3.63, 3.8) is 0 Å². The van der Waals surface area contributed by atoms with E-state index in [1.54, 1.807) is 0 Å². The van der Waals surface area contributed by atoms with Crippen LogP contribution < -0.4 is 0 Å². The summed E-state index contributed by atoms with van der Waals surface area (Å²) >= 11 is 0. The van der Waals surface area contributed by atoms with Crippen molar-refractivity contribution in [1.29, 1.82) is 0 Å². The summed E-state index contributed by atoms with van der Waals surface area (Å²) in [5.41, 5.74) is 0. The SMILES string of the molecule is CCCCOP(=O)(O)OCCCC.[V+2]. The molecule has 0 saturated carbocycles. The van der Waals surface area contributed by atoms with Crippen LogP contribution in [-0.2, 0) is 32.2 Å². The minimum absolute atomic E-state index is 0. The van der Waals surface area contributed by atoms with Gasteiger partial charge in [0.15, 0.2) is 0 Å². The van der Waals surface area contributed by atoms with Crippen LogP contribution in [0.3, 0.4) is 0 Å². The number of phosphoric acid groups is 1. The Morgan fingerprint density at radius 1 is 1.07 bits per heavy atom. The minimum atomic E-state index is -3.75. The molecule has 0 saturated heterocycles. The summed E-state index contributed by atoms with van der Waals surface area (Å²) in [6, 6.07) is 0. The second-order valence-corrected chi connectivity index (χ2v) is 4.30. The van der Waals surface area contributed by atoms with Crippen molar-refractivity contribution < 1.29 is 37.1 Å². The predicted octanol–water partition coefficient (Wildman–Crippen LogP) is 2.72. The van der Waals surface area contributed by atoms with Crippen molar-refractivity contribution in [1.82, 2.24) is 0 Å². The average Bonchev–Trinajstić information content (AvgIpc) is 2.05. The molecule has 0 aliphatic carbocycles. The third kappa shape index (κ3) is 10.8. The molecule has 0 atom stereocenters. The van der Waals surface area contributed by atoms with E-state index in [0.29, 0.717) is 0 Å². The Kier molecular flexibility index (Phi) is 12.5. The molecule has 0 aliphatic heterocycles. The van der Waals surface area contributed by atoms with Crippen molar-refractivity contribution in [2.75, 3.05) is 13.2 Å². The first-order chi connectivity index (χ1) is 6.12. The number of phosphoric ester groups is 1. The molecule has 83 valence electrons. The molecule has 0 aliphatic rings. The molecular formula is C8H19O4PV+2. The van der Waals surface area contributed by atoms with Crippen LogP contribution in [0.5, 0.6) is 0 Å². The van der Waals surface area contributed by atoms with E-state index < -0.39 is 7.82 Å². The van der Waals surface area contributed by atoms with Crippen LogP contribution in [-0.4, -0.2) is 18.1 Å². The van der Waals surface area contributed by atoms with Gasteiger partial charge in [-0.2, -0.15) is 0 Å². The number of hydrogen-bond donors (Lipinski definition) is 1. The monoisotopic (exact) mass is 261 g/mol. The molecule has 1 radical (unpaired) electrons. The number of hydrogen-bond acceptors (Lipinski definition) is 3. The molecule has 0 aromatic heterocycles. The first kappa shape index (κ1) is 17.1. The molecule has 0 fully saturated rings. The maximum Gasteiger partial charge on any atom is 2.00 e. The second-order valence-electron chi connectivity index (χ2n) is 2.84. The Hall–Kier alpha value is 0.694. The normalized spacial score (nSPS) is 11.1. The molecule has 14 heavy (non-hydrogen) atoms. The van der Waals surface area contributed by atoms with Crippen molar-refractivity contribution in [2.24, 2.45) is 0 Å². The van der Waals surface area contributed by atoms with Gasteiger partial charge in [-0.3, -0.25) is 9.05 Å². The van der Waals surface area contributed by atoms with Gasteiger partial charge in [-0.25, -0.2) is 4.57 Å². The van der Waals surface area contributed by atoms with Gasteiger partial charge < -0.3 is 4.89 Å². The van der Waals surface area contributed by atoms with Gasteiger partial charge in [-0.05, 0) is 12.8 Å². The summed E-state index contributed by atoms with van der Waals surface area (Å²) in [6.07, 6.45) is 3.44. The Bertz CT molecular complexity index is 151. The van der Waals surface area contributed by atoms with Crippen LogP contribution >= 0.6 is 7.82 Å². The fourth-order valence-corrected chi connectivity index (χ4v) is 1.48. The zero-order valence-corrected chi connectivity index (χ0v) is 11.1. The van der Waals surface area contributed by atoms with Gasteiger partial charge in [0.05, 0.1) is 13.2 Å². The van der Waals surface area contributed by atoms with E-state index in [1.165, 1.54) is 0 Å². The smallest absolute Gasteiger partial charge is 0.302 e. The summed E-state index contributed by atoms with van der Waals surface area (Å²) in [4.78, 5) is 9.08. The van der Waals surface area contributed by atoms with Gasteiger partial charge in [0, 0.05) is 0 Å². The quantitative estimate of drug-likeness (QED) is 0.539. The zero-order chi connectivity index (χ0) is 10.2. The van der Waals surface area contributed by atoms with Crippen LogP contribution in [0.4, 0.5) is 0 Å². The second kappa shape index (κ2) is 10.2. The first-order valence-corrected chi connectivity index (χ1v) is 6.23. The van der Waals surface area contributed by atoms with Gasteiger partial charge >= 0.3 is 26.4 Å². The van der Waals surface area contributed by atoms with Crippen LogP contribution in [0.15, 0.2) is 0 Å². The average molecular weight is 261 g/mol. The van der Waals surface area contributed by atoms with E-state index in [4.69, 9.17) is 13.9 Å². The fourth-order valence-electron chi connectivity index (χ4n) is 0.686. The Morgan fingerprint density at radius 2 is 1.43 bits per heavy atom. The number of unbranched alkanes of at least 4 members (excludes halogenated alkanes) is 2. The summed E-state index contributed by atoms with van der Waals surface area (Å²) < 4.78 is 20.5. The van der Waals surface area contributed by atoms with Crippen LogP contribution in [0.2, 0.25) is 0 Å². The van der Waals surface area contributed by atoms with Crippen LogP contribution in [0, 0.1) is 0 Å². The summed E-state index contributed by atoms with van der Waals surface area (Å²) in [5.74, 6) is 0. The van der Waals surface area contributed by atoms with E-state index in [1.807, 2.05) is 13.8 Å². The van der Waals surface area contributed by atoms with Gasteiger partial charge in [0.25, 0.3) is 0 Å². The summed E-state index contributed by atoms with van der Waals surface area (Å²) in [7, 11) is -3.75. The van der Waals surface area contributed by atoms with Crippen molar-refractivity contribution in [3.05, 3.63) is 0 Å². The Balaban J connectivity index is 0. The predicted molar refractivity (Wildman–Crippen MR) is 51.5 cm³/mol. The van der Waals surface area contributed by atoms with E-state index in [2.05, 4.69) is 0 Å².